The predicted molar refractivity (Wildman–Crippen MR) is 156 cm³/mol. The standard InChI is InChI=1S/C31H32ClN5O4/c1-40-24-11-7-20(8-12-24)15-28(30(33)38)36-31(39)26-4-2-3-25-27(13-14-41-29(25)26)35-17-23-16-34-19-37(23)18-21-5-9-22(32)10-6-21/h2-12,16,19,27-28,35H,13-15,17-18H2,1H3,(H2,33,38)(H,36,39)/t27?,28-/m0/s1. The average Bonchev–Trinajstić information content (AvgIpc) is 3.43. The van der Waals surface area contributed by atoms with E-state index in [2.05, 4.69) is 20.2 Å². The van der Waals surface area contributed by atoms with Crippen LogP contribution in [0.25, 0.3) is 0 Å². The second kappa shape index (κ2) is 12.9. The highest BCUT2D eigenvalue weighted by atomic mass is 35.5. The molecule has 10 heteroatoms. The van der Waals surface area contributed by atoms with E-state index in [1.54, 1.807) is 25.3 Å². The lowest BCUT2D eigenvalue weighted by atomic mass is 9.96. The lowest BCUT2D eigenvalue weighted by Crippen LogP contribution is -2.46. The molecule has 3 aromatic carbocycles. The van der Waals surface area contributed by atoms with Gasteiger partial charge in [-0.25, -0.2) is 4.98 Å². The van der Waals surface area contributed by atoms with Crippen molar-refractivity contribution in [3.63, 3.8) is 0 Å². The van der Waals surface area contributed by atoms with Gasteiger partial charge in [0, 0.05) is 48.8 Å². The fraction of sp³-hybridized carbons (Fsp3) is 0.258. The molecule has 0 fully saturated rings. The molecule has 1 aliphatic rings. The van der Waals surface area contributed by atoms with E-state index in [9.17, 15) is 9.59 Å². The molecule has 2 heterocycles. The number of para-hydroxylation sites is 1. The fourth-order valence-electron chi connectivity index (χ4n) is 4.92. The molecule has 0 radical (unpaired) electrons. The highest BCUT2D eigenvalue weighted by molar-refractivity contribution is 6.30. The number of aromatic nitrogens is 2. The maximum absolute atomic E-state index is 13.4. The first kappa shape index (κ1) is 28.2. The first-order valence-corrected chi connectivity index (χ1v) is 13.7. The minimum absolute atomic E-state index is 0.0309. The van der Waals surface area contributed by atoms with E-state index < -0.39 is 17.9 Å². The average molecular weight is 574 g/mol. The minimum Gasteiger partial charge on any atom is -0.497 e. The number of methoxy groups -OCH3 is 1. The van der Waals surface area contributed by atoms with Gasteiger partial charge in [0.05, 0.1) is 31.3 Å². The summed E-state index contributed by atoms with van der Waals surface area (Å²) in [6.45, 7) is 1.71. The highest BCUT2D eigenvalue weighted by Crippen LogP contribution is 2.35. The number of carbonyl (C=O) groups excluding carboxylic acids is 2. The zero-order chi connectivity index (χ0) is 28.8. The van der Waals surface area contributed by atoms with Crippen molar-refractivity contribution in [2.75, 3.05) is 13.7 Å². The van der Waals surface area contributed by atoms with Crippen molar-refractivity contribution in [2.24, 2.45) is 5.73 Å². The molecule has 212 valence electrons. The van der Waals surface area contributed by atoms with Gasteiger partial charge in [0.1, 0.15) is 17.5 Å². The first-order chi connectivity index (χ1) is 19.9. The predicted octanol–water partition coefficient (Wildman–Crippen LogP) is 4.03. The van der Waals surface area contributed by atoms with Gasteiger partial charge in [0.25, 0.3) is 5.91 Å². The molecule has 4 aromatic rings. The smallest absolute Gasteiger partial charge is 0.255 e. The van der Waals surface area contributed by atoms with Crippen LogP contribution < -0.4 is 25.8 Å². The molecule has 0 saturated heterocycles. The van der Waals surface area contributed by atoms with Crippen LogP contribution in [0.2, 0.25) is 5.02 Å². The van der Waals surface area contributed by atoms with Gasteiger partial charge in [-0.2, -0.15) is 0 Å². The molecule has 4 N–H and O–H groups in total. The van der Waals surface area contributed by atoms with Crippen molar-refractivity contribution in [3.05, 3.63) is 112 Å². The third-order valence-corrected chi connectivity index (χ3v) is 7.41. The van der Waals surface area contributed by atoms with Gasteiger partial charge < -0.3 is 30.4 Å². The second-order valence-electron chi connectivity index (χ2n) is 9.91. The Morgan fingerprint density at radius 1 is 1.12 bits per heavy atom. The lowest BCUT2D eigenvalue weighted by Gasteiger charge is -2.28. The van der Waals surface area contributed by atoms with Crippen LogP contribution in [0.1, 0.15) is 45.2 Å². The Balaban J connectivity index is 1.27. The van der Waals surface area contributed by atoms with E-state index in [1.807, 2.05) is 61.1 Å². The molecule has 1 unspecified atom stereocenters. The molecule has 1 aliphatic heterocycles. The summed E-state index contributed by atoms with van der Waals surface area (Å²) in [7, 11) is 1.59. The number of nitrogens with two attached hydrogens (primary N) is 1. The molecule has 0 aliphatic carbocycles. The van der Waals surface area contributed by atoms with Gasteiger partial charge in [-0.1, -0.05) is 48.0 Å². The van der Waals surface area contributed by atoms with Gasteiger partial charge in [-0.15, -0.1) is 0 Å². The Morgan fingerprint density at radius 2 is 1.88 bits per heavy atom. The quantitative estimate of drug-likeness (QED) is 0.249. The summed E-state index contributed by atoms with van der Waals surface area (Å²) in [5.41, 5.74) is 9.91. The maximum atomic E-state index is 13.4. The molecule has 41 heavy (non-hydrogen) atoms. The van der Waals surface area contributed by atoms with Crippen LogP contribution >= 0.6 is 11.6 Å². The number of primary amides is 1. The minimum atomic E-state index is -0.884. The maximum Gasteiger partial charge on any atom is 0.255 e. The number of rotatable bonds is 11. The Hall–Kier alpha value is -4.34. The summed E-state index contributed by atoms with van der Waals surface area (Å²) in [6.07, 6.45) is 4.66. The van der Waals surface area contributed by atoms with Gasteiger partial charge in [-0.05, 0) is 41.5 Å². The van der Waals surface area contributed by atoms with Crippen LogP contribution in [0.3, 0.4) is 0 Å². The zero-order valence-electron chi connectivity index (χ0n) is 22.7. The van der Waals surface area contributed by atoms with Gasteiger partial charge in [0.2, 0.25) is 5.91 Å². The molecule has 2 amide bonds. The van der Waals surface area contributed by atoms with E-state index in [4.69, 9.17) is 26.8 Å². The number of imidazole rings is 1. The van der Waals surface area contributed by atoms with Crippen molar-refractivity contribution in [1.29, 1.82) is 0 Å². The zero-order valence-corrected chi connectivity index (χ0v) is 23.4. The van der Waals surface area contributed by atoms with E-state index in [0.717, 1.165) is 28.8 Å². The summed E-state index contributed by atoms with van der Waals surface area (Å²) in [4.78, 5) is 29.9. The van der Waals surface area contributed by atoms with E-state index >= 15 is 0 Å². The topological polar surface area (TPSA) is 120 Å². The van der Waals surface area contributed by atoms with Crippen molar-refractivity contribution in [3.8, 4) is 11.5 Å². The van der Waals surface area contributed by atoms with Crippen molar-refractivity contribution < 1.29 is 19.1 Å². The Morgan fingerprint density at radius 3 is 2.61 bits per heavy atom. The second-order valence-corrected chi connectivity index (χ2v) is 10.4. The molecule has 0 bridgehead atoms. The third kappa shape index (κ3) is 6.87. The third-order valence-electron chi connectivity index (χ3n) is 7.16. The summed E-state index contributed by atoms with van der Waals surface area (Å²) in [5.74, 6) is 0.183. The van der Waals surface area contributed by atoms with Crippen molar-refractivity contribution >= 4 is 23.4 Å². The van der Waals surface area contributed by atoms with E-state index in [1.165, 1.54) is 0 Å². The highest BCUT2D eigenvalue weighted by Gasteiger charge is 2.28. The number of carbonyl (C=O) groups is 2. The summed E-state index contributed by atoms with van der Waals surface area (Å²) < 4.78 is 13.3. The number of hydrogen-bond acceptors (Lipinski definition) is 6. The van der Waals surface area contributed by atoms with Crippen LogP contribution in [-0.4, -0.2) is 41.1 Å². The van der Waals surface area contributed by atoms with Crippen LogP contribution in [0, 0.1) is 0 Å². The number of hydrogen-bond donors (Lipinski definition) is 3. The largest absolute Gasteiger partial charge is 0.497 e. The molecule has 0 saturated carbocycles. The molecule has 2 atom stereocenters. The number of fused-ring (bicyclic) bond motifs is 1. The number of benzene rings is 3. The van der Waals surface area contributed by atoms with Gasteiger partial charge in [0.15, 0.2) is 0 Å². The number of ether oxygens (including phenoxy) is 2. The lowest BCUT2D eigenvalue weighted by molar-refractivity contribution is -0.119. The van der Waals surface area contributed by atoms with Crippen molar-refractivity contribution in [1.82, 2.24) is 20.2 Å². The van der Waals surface area contributed by atoms with Crippen LogP contribution in [0.4, 0.5) is 0 Å². The monoisotopic (exact) mass is 573 g/mol. The van der Waals surface area contributed by atoms with Crippen LogP contribution in [0.5, 0.6) is 11.5 Å². The summed E-state index contributed by atoms with van der Waals surface area (Å²) in [6, 6.07) is 19.6. The molecule has 0 spiro atoms. The molecule has 1 aromatic heterocycles. The van der Waals surface area contributed by atoms with E-state index in [0.29, 0.717) is 41.8 Å². The molecular formula is C31H32ClN5O4. The van der Waals surface area contributed by atoms with Gasteiger partial charge in [-0.3, -0.25) is 9.59 Å². The van der Waals surface area contributed by atoms with E-state index in [-0.39, 0.29) is 12.5 Å². The van der Waals surface area contributed by atoms with Crippen molar-refractivity contribution in [2.45, 2.75) is 38.0 Å². The molecule has 5 rings (SSSR count). The first-order valence-electron chi connectivity index (χ1n) is 13.4. The number of nitrogens with zero attached hydrogens (tertiary/aromatic N) is 2. The summed E-state index contributed by atoms with van der Waals surface area (Å²) >= 11 is 6.02. The Labute approximate surface area is 243 Å². The van der Waals surface area contributed by atoms with Crippen LogP contribution in [-0.2, 0) is 24.3 Å². The molecular weight excluding hydrogens is 542 g/mol. The number of nitrogens with one attached hydrogen (secondary N) is 2. The van der Waals surface area contributed by atoms with Gasteiger partial charge >= 0.3 is 0 Å². The SMILES string of the molecule is COc1ccc(C[C@H](NC(=O)c2cccc3c2OCCC3NCc2cncn2Cc2ccc(Cl)cc2)C(N)=O)cc1. The Kier molecular flexibility index (Phi) is 8.86. The number of halogens is 1. The molecule has 9 nitrogen and oxygen atoms in total. The van der Waals surface area contributed by atoms with Crippen LogP contribution in [0.15, 0.2) is 79.3 Å². The number of amides is 2. The Bertz CT molecular complexity index is 1500. The normalized spacial score (nSPS) is 14.9. The fourth-order valence-corrected chi connectivity index (χ4v) is 5.05. The summed E-state index contributed by atoms with van der Waals surface area (Å²) in [5, 5.41) is 7.11.